The van der Waals surface area contributed by atoms with Gasteiger partial charge in [0, 0.05) is 5.56 Å². The van der Waals surface area contributed by atoms with Crippen molar-refractivity contribution in [3.05, 3.63) is 65.6 Å². The lowest BCUT2D eigenvalue weighted by Gasteiger charge is -2.01. The average Bonchev–Trinajstić information content (AvgIpc) is 2.96. The number of aryl methyl sites for hydroxylation is 1. The fourth-order valence-electron chi connectivity index (χ4n) is 1.86. The van der Waals surface area contributed by atoms with Crippen LogP contribution in [-0.4, -0.2) is 5.78 Å². The zero-order chi connectivity index (χ0) is 13.5. The number of rotatable bonds is 6. The predicted molar refractivity (Wildman–Crippen MR) is 77.1 cm³/mol. The molecule has 0 fully saturated rings. The third-order valence-corrected chi connectivity index (χ3v) is 3.00. The molecule has 0 saturated heterocycles. The van der Waals surface area contributed by atoms with Gasteiger partial charge in [-0.05, 0) is 42.7 Å². The van der Waals surface area contributed by atoms with Gasteiger partial charge in [0.15, 0.2) is 5.78 Å². The smallest absolute Gasteiger partial charge is 0.185 e. The second-order valence-electron chi connectivity index (χ2n) is 4.51. The van der Waals surface area contributed by atoms with E-state index >= 15 is 0 Å². The largest absolute Gasteiger partial charge is 0.465 e. The van der Waals surface area contributed by atoms with Crippen LogP contribution in [-0.2, 0) is 6.42 Å². The minimum Gasteiger partial charge on any atom is -0.465 e. The lowest BCUT2D eigenvalue weighted by atomic mass is 10.0. The van der Waals surface area contributed by atoms with E-state index < -0.39 is 0 Å². The van der Waals surface area contributed by atoms with E-state index in [1.54, 1.807) is 24.5 Å². The van der Waals surface area contributed by atoms with E-state index in [9.17, 15) is 4.79 Å². The summed E-state index contributed by atoms with van der Waals surface area (Å²) in [4.78, 5) is 11.9. The van der Waals surface area contributed by atoms with Gasteiger partial charge in [0.2, 0.25) is 0 Å². The Kier molecular flexibility index (Phi) is 4.73. The van der Waals surface area contributed by atoms with Crippen molar-refractivity contribution in [3.63, 3.8) is 0 Å². The van der Waals surface area contributed by atoms with E-state index in [0.29, 0.717) is 11.3 Å². The highest BCUT2D eigenvalue weighted by Gasteiger charge is 2.02. The molecule has 2 rings (SSSR count). The highest BCUT2D eigenvalue weighted by molar-refractivity contribution is 6.06. The Labute approximate surface area is 113 Å². The summed E-state index contributed by atoms with van der Waals surface area (Å²) in [6, 6.07) is 11.5. The Morgan fingerprint density at radius 3 is 2.63 bits per heavy atom. The second-order valence-corrected chi connectivity index (χ2v) is 4.51. The molecule has 2 aromatic rings. The lowest BCUT2D eigenvalue weighted by molar-refractivity contribution is 0.104. The molecule has 2 heteroatoms. The van der Waals surface area contributed by atoms with Crippen LogP contribution in [0, 0.1) is 0 Å². The van der Waals surface area contributed by atoms with Crippen LogP contribution in [0.3, 0.4) is 0 Å². The zero-order valence-electron chi connectivity index (χ0n) is 11.1. The van der Waals surface area contributed by atoms with Crippen LogP contribution in [0.2, 0.25) is 0 Å². The summed E-state index contributed by atoms with van der Waals surface area (Å²) in [5, 5.41) is 0. The molecule has 0 spiro atoms. The van der Waals surface area contributed by atoms with E-state index in [4.69, 9.17) is 4.42 Å². The van der Waals surface area contributed by atoms with Gasteiger partial charge < -0.3 is 4.42 Å². The minimum atomic E-state index is -0.00144. The van der Waals surface area contributed by atoms with E-state index in [-0.39, 0.29) is 5.78 Å². The first kappa shape index (κ1) is 13.3. The van der Waals surface area contributed by atoms with E-state index in [2.05, 4.69) is 6.92 Å². The van der Waals surface area contributed by atoms with Gasteiger partial charge in [0.25, 0.3) is 0 Å². The fraction of sp³-hybridized carbons (Fsp3) is 0.235. The Bertz CT molecular complexity index is 533. The molecule has 2 nitrogen and oxygen atoms in total. The van der Waals surface area contributed by atoms with Gasteiger partial charge in [-0.25, -0.2) is 0 Å². The Hall–Kier alpha value is -2.09. The average molecular weight is 254 g/mol. The molecule has 0 saturated carbocycles. The molecule has 0 aliphatic heterocycles. The first-order valence-electron chi connectivity index (χ1n) is 6.64. The first-order chi connectivity index (χ1) is 9.29. The maximum atomic E-state index is 11.9. The Morgan fingerprint density at radius 1 is 1.21 bits per heavy atom. The molecule has 98 valence electrons. The zero-order valence-corrected chi connectivity index (χ0v) is 11.1. The SMILES string of the molecule is CCCCc1ccc(C(=O)/C=C/c2ccco2)cc1. The van der Waals surface area contributed by atoms with Gasteiger partial charge >= 0.3 is 0 Å². The molecule has 19 heavy (non-hydrogen) atoms. The van der Waals surface area contributed by atoms with Crippen molar-refractivity contribution >= 4 is 11.9 Å². The molecule has 1 aromatic carbocycles. The van der Waals surface area contributed by atoms with Crippen LogP contribution in [0.15, 0.2) is 53.2 Å². The lowest BCUT2D eigenvalue weighted by Crippen LogP contribution is -1.94. The predicted octanol–water partition coefficient (Wildman–Crippen LogP) is 4.52. The topological polar surface area (TPSA) is 30.2 Å². The van der Waals surface area contributed by atoms with Crippen molar-refractivity contribution in [2.24, 2.45) is 0 Å². The summed E-state index contributed by atoms with van der Waals surface area (Å²) in [6.07, 6.45) is 8.27. The fourth-order valence-corrected chi connectivity index (χ4v) is 1.86. The van der Waals surface area contributed by atoms with Crippen molar-refractivity contribution in [1.29, 1.82) is 0 Å². The van der Waals surface area contributed by atoms with Gasteiger partial charge in [-0.3, -0.25) is 4.79 Å². The highest BCUT2D eigenvalue weighted by Crippen LogP contribution is 2.10. The van der Waals surface area contributed by atoms with Crippen LogP contribution in [0.1, 0.15) is 41.4 Å². The van der Waals surface area contributed by atoms with Gasteiger partial charge in [-0.2, -0.15) is 0 Å². The molecule has 0 aliphatic carbocycles. The number of carbonyl (C=O) groups excluding carboxylic acids is 1. The van der Waals surface area contributed by atoms with Crippen LogP contribution < -0.4 is 0 Å². The number of hydrogen-bond acceptors (Lipinski definition) is 2. The molecule has 0 unspecified atom stereocenters. The number of ketones is 1. The number of hydrogen-bond donors (Lipinski definition) is 0. The molecule has 0 aliphatic rings. The van der Waals surface area contributed by atoms with Crippen LogP contribution >= 0.6 is 0 Å². The molecule has 1 aromatic heterocycles. The van der Waals surface area contributed by atoms with Crippen LogP contribution in [0.25, 0.3) is 6.08 Å². The molecule has 0 atom stereocenters. The van der Waals surface area contributed by atoms with Gasteiger partial charge in [-0.1, -0.05) is 37.6 Å². The molecular weight excluding hydrogens is 236 g/mol. The number of unbranched alkanes of at least 4 members (excludes halogenated alkanes) is 1. The molecule has 1 heterocycles. The summed E-state index contributed by atoms with van der Waals surface area (Å²) in [5.74, 6) is 0.686. The van der Waals surface area contributed by atoms with Gasteiger partial charge in [0.05, 0.1) is 6.26 Å². The number of allylic oxidation sites excluding steroid dienone is 1. The van der Waals surface area contributed by atoms with Crippen LogP contribution in [0.4, 0.5) is 0 Å². The molecular formula is C17H18O2. The Morgan fingerprint density at radius 2 is 2.00 bits per heavy atom. The first-order valence-corrected chi connectivity index (χ1v) is 6.64. The van der Waals surface area contributed by atoms with Crippen molar-refractivity contribution < 1.29 is 9.21 Å². The van der Waals surface area contributed by atoms with E-state index in [1.807, 2.05) is 30.3 Å². The summed E-state index contributed by atoms with van der Waals surface area (Å²) in [6.45, 7) is 2.18. The maximum Gasteiger partial charge on any atom is 0.185 e. The molecule has 0 amide bonds. The molecule has 0 radical (unpaired) electrons. The summed E-state index contributed by atoms with van der Waals surface area (Å²) < 4.78 is 5.14. The summed E-state index contributed by atoms with van der Waals surface area (Å²) >= 11 is 0. The van der Waals surface area contributed by atoms with Crippen LogP contribution in [0.5, 0.6) is 0 Å². The third kappa shape index (κ3) is 3.95. The highest BCUT2D eigenvalue weighted by atomic mass is 16.3. The van der Waals surface area contributed by atoms with Crippen molar-refractivity contribution in [3.8, 4) is 0 Å². The Balaban J connectivity index is 1.99. The number of furan rings is 1. The maximum absolute atomic E-state index is 11.9. The minimum absolute atomic E-state index is 0.00144. The second kappa shape index (κ2) is 6.74. The van der Waals surface area contributed by atoms with Crippen molar-refractivity contribution in [1.82, 2.24) is 0 Å². The van der Waals surface area contributed by atoms with Gasteiger partial charge in [-0.15, -0.1) is 0 Å². The number of benzene rings is 1. The monoisotopic (exact) mass is 254 g/mol. The molecule has 0 N–H and O–H groups in total. The van der Waals surface area contributed by atoms with Gasteiger partial charge in [0.1, 0.15) is 5.76 Å². The van der Waals surface area contributed by atoms with Crippen molar-refractivity contribution in [2.75, 3.05) is 0 Å². The van der Waals surface area contributed by atoms with E-state index in [0.717, 1.165) is 6.42 Å². The number of carbonyl (C=O) groups is 1. The quantitative estimate of drug-likeness (QED) is 0.560. The third-order valence-electron chi connectivity index (χ3n) is 3.00. The summed E-state index contributed by atoms with van der Waals surface area (Å²) in [5.41, 5.74) is 2.00. The normalized spacial score (nSPS) is 11.0. The van der Waals surface area contributed by atoms with Crippen molar-refractivity contribution in [2.45, 2.75) is 26.2 Å². The summed E-state index contributed by atoms with van der Waals surface area (Å²) in [7, 11) is 0. The standard InChI is InChI=1S/C17H18O2/c1-2-3-5-14-7-9-15(10-8-14)17(18)12-11-16-6-4-13-19-16/h4,6-13H,2-3,5H2,1H3/b12-11+. The molecule has 0 bridgehead atoms. The van der Waals surface area contributed by atoms with E-state index in [1.165, 1.54) is 18.4 Å².